The number of aromatic amines is 1. The maximum absolute atomic E-state index is 13.8. The number of halogens is 1. The average Bonchev–Trinajstić information content (AvgIpc) is 3.21. The molecular formula is C27H22FN3O5S. The van der Waals surface area contributed by atoms with Crippen LogP contribution in [0.3, 0.4) is 0 Å². The van der Waals surface area contributed by atoms with E-state index in [1.165, 1.54) is 12.3 Å². The monoisotopic (exact) mass is 519 g/mol. The Balaban J connectivity index is 1.88. The summed E-state index contributed by atoms with van der Waals surface area (Å²) in [5, 5.41) is 1.75. The Morgan fingerprint density at radius 3 is 2.62 bits per heavy atom. The Kier molecular flexibility index (Phi) is 5.88. The van der Waals surface area contributed by atoms with Crippen LogP contribution in [0.2, 0.25) is 0 Å². The minimum absolute atomic E-state index is 0.0546. The number of nitrogens with zero attached hydrogens (tertiary/aromatic N) is 2. The number of pyridine rings is 2. The number of rotatable bonds is 6. The standard InChI is InChI=1S/C27H22FN3O5S/c1-5-16-7-8-19-22(9-16)30-27-25(19)26(32)21-12-24(35-6-2)20(11-23(21)31(27)15(3)4)17-10-18(14-29-13-17)36-37(28,33)34/h1,7-15,30H,6H2,2-4H3. The largest absolute Gasteiger partial charge is 0.493 e. The topological polar surface area (TPSA) is 103 Å². The van der Waals surface area contributed by atoms with E-state index in [2.05, 4.69) is 20.1 Å². The van der Waals surface area contributed by atoms with Crippen LogP contribution in [0.25, 0.3) is 44.0 Å². The highest BCUT2D eigenvalue weighted by atomic mass is 32.3. The first-order valence-corrected chi connectivity index (χ1v) is 12.8. The molecule has 5 rings (SSSR count). The van der Waals surface area contributed by atoms with Gasteiger partial charge in [0.15, 0.2) is 11.2 Å². The van der Waals surface area contributed by atoms with Gasteiger partial charge in [-0.2, -0.15) is 8.42 Å². The zero-order valence-corrected chi connectivity index (χ0v) is 21.0. The molecule has 0 saturated carbocycles. The summed E-state index contributed by atoms with van der Waals surface area (Å²) < 4.78 is 47.4. The number of terminal acetylenes is 1. The van der Waals surface area contributed by atoms with E-state index in [-0.39, 0.29) is 17.2 Å². The van der Waals surface area contributed by atoms with Crippen molar-refractivity contribution in [3.63, 3.8) is 0 Å². The predicted octanol–water partition coefficient (Wildman–Crippen LogP) is 5.25. The summed E-state index contributed by atoms with van der Waals surface area (Å²) in [7, 11) is -5.23. The van der Waals surface area contributed by atoms with Crippen LogP contribution in [0.5, 0.6) is 11.5 Å². The zero-order chi connectivity index (χ0) is 26.5. The Morgan fingerprint density at radius 2 is 1.95 bits per heavy atom. The molecule has 0 fully saturated rings. The highest BCUT2D eigenvalue weighted by Gasteiger charge is 2.21. The number of ether oxygens (including phenoxy) is 1. The van der Waals surface area contributed by atoms with E-state index in [9.17, 15) is 17.1 Å². The molecule has 0 aliphatic heterocycles. The molecule has 0 radical (unpaired) electrons. The lowest BCUT2D eigenvalue weighted by atomic mass is 10.0. The van der Waals surface area contributed by atoms with E-state index < -0.39 is 10.5 Å². The van der Waals surface area contributed by atoms with Crippen molar-refractivity contribution in [2.75, 3.05) is 6.61 Å². The molecule has 1 N–H and O–H groups in total. The zero-order valence-electron chi connectivity index (χ0n) is 20.2. The second kappa shape index (κ2) is 8.94. The fourth-order valence-corrected chi connectivity index (χ4v) is 4.97. The van der Waals surface area contributed by atoms with Crippen molar-refractivity contribution < 1.29 is 21.2 Å². The number of fused-ring (bicyclic) bond motifs is 4. The first-order valence-electron chi connectivity index (χ1n) is 11.5. The molecule has 188 valence electrons. The molecule has 0 spiro atoms. The van der Waals surface area contributed by atoms with Crippen LogP contribution in [0, 0.1) is 12.3 Å². The van der Waals surface area contributed by atoms with Gasteiger partial charge in [0, 0.05) is 39.8 Å². The van der Waals surface area contributed by atoms with E-state index in [4.69, 9.17) is 11.2 Å². The van der Waals surface area contributed by atoms with Crippen LogP contribution in [0.1, 0.15) is 32.4 Å². The molecule has 0 aliphatic rings. The van der Waals surface area contributed by atoms with Crippen molar-refractivity contribution in [3.05, 3.63) is 64.6 Å². The van der Waals surface area contributed by atoms with Gasteiger partial charge in [0.25, 0.3) is 0 Å². The van der Waals surface area contributed by atoms with Gasteiger partial charge in [-0.25, -0.2) is 0 Å². The summed E-state index contributed by atoms with van der Waals surface area (Å²) in [5.74, 6) is 2.71. The Bertz CT molecular complexity index is 1920. The number of benzene rings is 2. The van der Waals surface area contributed by atoms with Gasteiger partial charge in [0.2, 0.25) is 0 Å². The van der Waals surface area contributed by atoms with E-state index in [0.717, 1.165) is 17.1 Å². The molecule has 37 heavy (non-hydrogen) atoms. The normalized spacial score (nSPS) is 11.9. The summed E-state index contributed by atoms with van der Waals surface area (Å²) in [5.41, 5.74) is 3.49. The minimum Gasteiger partial charge on any atom is -0.493 e. The summed E-state index contributed by atoms with van der Waals surface area (Å²) >= 11 is 0. The summed E-state index contributed by atoms with van der Waals surface area (Å²) in [6.45, 7) is 6.11. The first kappa shape index (κ1) is 24.3. The van der Waals surface area contributed by atoms with Crippen molar-refractivity contribution in [2.24, 2.45) is 0 Å². The van der Waals surface area contributed by atoms with Gasteiger partial charge < -0.3 is 18.5 Å². The lowest BCUT2D eigenvalue weighted by Gasteiger charge is -2.19. The Hall–Kier alpha value is -4.36. The van der Waals surface area contributed by atoms with Gasteiger partial charge in [-0.1, -0.05) is 15.9 Å². The lowest BCUT2D eigenvalue weighted by Crippen LogP contribution is -2.13. The first-order chi connectivity index (χ1) is 17.6. The van der Waals surface area contributed by atoms with Crippen molar-refractivity contribution in [1.29, 1.82) is 0 Å². The third-order valence-corrected chi connectivity index (χ3v) is 6.44. The van der Waals surface area contributed by atoms with Crippen LogP contribution in [-0.4, -0.2) is 29.6 Å². The fraction of sp³-hybridized carbons (Fsp3) is 0.185. The van der Waals surface area contributed by atoms with E-state index in [0.29, 0.717) is 51.0 Å². The minimum atomic E-state index is -5.23. The third kappa shape index (κ3) is 4.27. The second-order valence-electron chi connectivity index (χ2n) is 8.73. The van der Waals surface area contributed by atoms with Crippen molar-refractivity contribution in [3.8, 4) is 35.0 Å². The van der Waals surface area contributed by atoms with Gasteiger partial charge in [-0.15, -0.1) is 6.42 Å². The molecule has 3 heterocycles. The predicted molar refractivity (Wildman–Crippen MR) is 141 cm³/mol. The molecule has 0 bridgehead atoms. The van der Waals surface area contributed by atoms with Crippen LogP contribution >= 0.6 is 0 Å². The maximum Gasteiger partial charge on any atom is 0.488 e. The average molecular weight is 520 g/mol. The molecular weight excluding hydrogens is 497 g/mol. The molecule has 0 aliphatic carbocycles. The molecule has 0 saturated heterocycles. The molecule has 2 aromatic carbocycles. The molecule has 3 aromatic heterocycles. The van der Waals surface area contributed by atoms with E-state index >= 15 is 0 Å². The summed E-state index contributed by atoms with van der Waals surface area (Å²) in [4.78, 5) is 21.2. The number of hydrogen-bond acceptors (Lipinski definition) is 6. The lowest BCUT2D eigenvalue weighted by molar-refractivity contribution is 0.342. The molecule has 10 heteroatoms. The number of nitrogens with one attached hydrogen (secondary N) is 1. The van der Waals surface area contributed by atoms with Gasteiger partial charge >= 0.3 is 10.5 Å². The Labute approximate surface area is 212 Å². The van der Waals surface area contributed by atoms with E-state index in [1.807, 2.05) is 30.5 Å². The van der Waals surface area contributed by atoms with E-state index in [1.54, 1.807) is 25.1 Å². The van der Waals surface area contributed by atoms with Gasteiger partial charge in [-0.05, 0) is 51.1 Å². The van der Waals surface area contributed by atoms with Crippen LogP contribution in [0.15, 0.2) is 53.6 Å². The van der Waals surface area contributed by atoms with Gasteiger partial charge in [0.05, 0.1) is 29.1 Å². The Morgan fingerprint density at radius 1 is 1.16 bits per heavy atom. The highest BCUT2D eigenvalue weighted by molar-refractivity contribution is 7.81. The van der Waals surface area contributed by atoms with Crippen LogP contribution < -0.4 is 14.3 Å². The maximum atomic E-state index is 13.8. The number of hydrogen-bond donors (Lipinski definition) is 1. The van der Waals surface area contributed by atoms with Crippen molar-refractivity contribution in [1.82, 2.24) is 14.5 Å². The van der Waals surface area contributed by atoms with Crippen molar-refractivity contribution in [2.45, 2.75) is 26.8 Å². The third-order valence-electron chi connectivity index (χ3n) is 6.05. The fourth-order valence-electron chi connectivity index (χ4n) is 4.65. The smallest absolute Gasteiger partial charge is 0.488 e. The second-order valence-corrected chi connectivity index (χ2v) is 9.68. The molecule has 5 aromatic rings. The highest BCUT2D eigenvalue weighted by Crippen LogP contribution is 2.37. The molecule has 0 unspecified atom stereocenters. The number of H-pyrrole nitrogens is 1. The number of aromatic nitrogens is 3. The van der Waals surface area contributed by atoms with Gasteiger partial charge in [0.1, 0.15) is 11.4 Å². The summed E-state index contributed by atoms with van der Waals surface area (Å²) in [6, 6.07) is 10.2. The van der Waals surface area contributed by atoms with Crippen molar-refractivity contribution >= 4 is 43.3 Å². The molecule has 0 amide bonds. The van der Waals surface area contributed by atoms with Crippen LogP contribution in [0.4, 0.5) is 3.89 Å². The van der Waals surface area contributed by atoms with Gasteiger partial charge in [-0.3, -0.25) is 9.78 Å². The van der Waals surface area contributed by atoms with Crippen LogP contribution in [-0.2, 0) is 10.5 Å². The summed E-state index contributed by atoms with van der Waals surface area (Å²) in [6.07, 6.45) is 8.14. The molecule has 8 nitrogen and oxygen atoms in total. The SMILES string of the molecule is C#Cc1ccc2c(c1)[nH]c1c2c(=O)c2cc(OCC)c(-c3cncc(OS(=O)(=O)F)c3)cc2n1C(C)C. The molecule has 0 atom stereocenters. The quantitative estimate of drug-likeness (QED) is 0.243.